The maximum absolute atomic E-state index is 14.4. The summed E-state index contributed by atoms with van der Waals surface area (Å²) < 4.78 is 19.9. The molecule has 2 unspecified atom stereocenters. The highest BCUT2D eigenvalue weighted by Gasteiger charge is 2.28. The van der Waals surface area contributed by atoms with E-state index in [0.29, 0.717) is 41.9 Å². The number of halogens is 1. The highest BCUT2D eigenvalue weighted by atomic mass is 32.1. The zero-order valence-corrected chi connectivity index (χ0v) is 15.8. The number of carbonyl (C=O) groups is 2. The fourth-order valence-electron chi connectivity index (χ4n) is 2.62. The summed E-state index contributed by atoms with van der Waals surface area (Å²) in [6, 6.07) is 5.01. The van der Waals surface area contributed by atoms with Crippen molar-refractivity contribution in [2.75, 3.05) is 20.2 Å². The molecule has 146 valence electrons. The van der Waals surface area contributed by atoms with Crippen LogP contribution in [0.15, 0.2) is 18.2 Å². The first kappa shape index (κ1) is 19.8. The molecule has 3 rings (SSSR count). The second-order valence-electron chi connectivity index (χ2n) is 6.25. The van der Waals surface area contributed by atoms with Crippen molar-refractivity contribution in [2.24, 2.45) is 5.73 Å². The van der Waals surface area contributed by atoms with Gasteiger partial charge in [-0.2, -0.15) is 0 Å². The largest absolute Gasteiger partial charge is 0.489 e. The lowest BCUT2D eigenvalue weighted by Crippen LogP contribution is -2.21. The Morgan fingerprint density at radius 1 is 1.61 bits per heavy atom. The number of nitrogens with two attached hydrogens (primary N) is 1. The second kappa shape index (κ2) is 8.37. The Kier molecular flexibility index (Phi) is 5.92. The quantitative estimate of drug-likeness (QED) is 0.581. The summed E-state index contributed by atoms with van der Waals surface area (Å²) in [5.41, 5.74) is 6.68. The van der Waals surface area contributed by atoms with Gasteiger partial charge in [-0.1, -0.05) is 11.8 Å². The van der Waals surface area contributed by atoms with Crippen LogP contribution in [0.3, 0.4) is 0 Å². The van der Waals surface area contributed by atoms with Gasteiger partial charge in [-0.15, -0.1) is 11.3 Å². The molecule has 7 nitrogen and oxygen atoms in total. The van der Waals surface area contributed by atoms with Gasteiger partial charge in [0.1, 0.15) is 18.5 Å². The van der Waals surface area contributed by atoms with E-state index in [0.717, 1.165) is 11.3 Å². The molecule has 0 aliphatic carbocycles. The van der Waals surface area contributed by atoms with Gasteiger partial charge in [0.2, 0.25) is 6.41 Å². The second-order valence-corrected chi connectivity index (χ2v) is 7.28. The number of aromatic nitrogens is 1. The number of fused-ring (bicyclic) bond motifs is 3. The van der Waals surface area contributed by atoms with Gasteiger partial charge in [-0.25, -0.2) is 9.37 Å². The average Bonchev–Trinajstić information content (AvgIpc) is 3.09. The molecular weight excluding hydrogens is 385 g/mol. The van der Waals surface area contributed by atoms with E-state index in [-0.39, 0.29) is 16.5 Å². The molecule has 0 saturated carbocycles. The molecule has 0 saturated heterocycles. The van der Waals surface area contributed by atoms with Crippen molar-refractivity contribution in [1.82, 2.24) is 9.88 Å². The van der Waals surface area contributed by atoms with Crippen LogP contribution in [0, 0.1) is 11.8 Å². The Hall–Kier alpha value is -2.96. The summed E-state index contributed by atoms with van der Waals surface area (Å²) in [6.07, 6.45) is -1.32. The van der Waals surface area contributed by atoms with Crippen molar-refractivity contribution in [3.05, 3.63) is 33.6 Å². The highest BCUT2D eigenvalue weighted by Crippen LogP contribution is 2.42. The number of thiazole rings is 1. The molecule has 1 aliphatic rings. The number of amides is 2. The van der Waals surface area contributed by atoms with E-state index in [9.17, 15) is 19.1 Å². The minimum absolute atomic E-state index is 0.0340. The normalized spacial score (nSPS) is 15.8. The summed E-state index contributed by atoms with van der Waals surface area (Å²) in [4.78, 5) is 27.9. The molecule has 1 aromatic heterocycles. The maximum atomic E-state index is 14.4. The Balaban J connectivity index is 1.90. The predicted octanol–water partition coefficient (Wildman–Crippen LogP) is 1.50. The summed E-state index contributed by atoms with van der Waals surface area (Å²) in [6.45, 7) is 0.196. The summed E-state index contributed by atoms with van der Waals surface area (Å²) in [5.74, 6) is 5.29. The molecule has 1 aromatic carbocycles. The standard InChI is InChI=1S/C19H18FN3O4S/c1-23(10-24)7-6-12(25)4-2-11-3-5-15-13(8-11)16-17(14(20)9-27-15)28-19(22-16)18(21)26/h3,5,8,10,12,14,25H,6-7,9H2,1H3,(H2,21,26). The Morgan fingerprint density at radius 3 is 3.11 bits per heavy atom. The maximum Gasteiger partial charge on any atom is 0.277 e. The number of aliphatic hydroxyl groups excluding tert-OH is 1. The number of hydrogen-bond acceptors (Lipinski definition) is 6. The molecule has 0 fully saturated rings. The third kappa shape index (κ3) is 4.30. The number of alkyl halides is 1. The number of nitrogens with zero attached hydrogens (tertiary/aromatic N) is 2. The number of primary amides is 1. The lowest BCUT2D eigenvalue weighted by Gasteiger charge is -2.10. The average molecular weight is 403 g/mol. The highest BCUT2D eigenvalue weighted by molar-refractivity contribution is 7.14. The smallest absolute Gasteiger partial charge is 0.277 e. The van der Waals surface area contributed by atoms with Gasteiger partial charge in [0.05, 0.1) is 10.6 Å². The zero-order chi connectivity index (χ0) is 20.3. The van der Waals surface area contributed by atoms with E-state index in [1.165, 1.54) is 4.90 Å². The van der Waals surface area contributed by atoms with E-state index in [1.807, 2.05) is 0 Å². The molecule has 2 heterocycles. The first-order chi connectivity index (χ1) is 13.4. The predicted molar refractivity (Wildman–Crippen MR) is 102 cm³/mol. The van der Waals surface area contributed by atoms with Crippen LogP contribution in [0.25, 0.3) is 11.3 Å². The minimum Gasteiger partial charge on any atom is -0.489 e. The van der Waals surface area contributed by atoms with Crippen molar-refractivity contribution in [1.29, 1.82) is 0 Å². The van der Waals surface area contributed by atoms with Gasteiger partial charge in [0.15, 0.2) is 11.2 Å². The number of carbonyl (C=O) groups excluding carboxylic acids is 2. The van der Waals surface area contributed by atoms with Crippen molar-refractivity contribution in [3.8, 4) is 28.8 Å². The van der Waals surface area contributed by atoms with Gasteiger partial charge >= 0.3 is 0 Å². The third-order valence-corrected chi connectivity index (χ3v) is 5.24. The van der Waals surface area contributed by atoms with Gasteiger partial charge in [-0.05, 0) is 18.2 Å². The lowest BCUT2D eigenvalue weighted by molar-refractivity contribution is -0.117. The van der Waals surface area contributed by atoms with Crippen molar-refractivity contribution in [3.63, 3.8) is 0 Å². The van der Waals surface area contributed by atoms with Crippen LogP contribution in [-0.4, -0.2) is 53.6 Å². The first-order valence-corrected chi connectivity index (χ1v) is 9.27. The van der Waals surface area contributed by atoms with Crippen molar-refractivity contribution < 1.29 is 23.8 Å². The van der Waals surface area contributed by atoms with E-state index in [1.54, 1.807) is 25.2 Å². The van der Waals surface area contributed by atoms with Crippen molar-refractivity contribution >= 4 is 23.7 Å². The van der Waals surface area contributed by atoms with Gasteiger partial charge in [0, 0.05) is 31.1 Å². The van der Waals surface area contributed by atoms with Crippen LogP contribution >= 0.6 is 11.3 Å². The van der Waals surface area contributed by atoms with E-state index < -0.39 is 18.2 Å². The first-order valence-electron chi connectivity index (χ1n) is 8.46. The van der Waals surface area contributed by atoms with Crippen LogP contribution in [0.2, 0.25) is 0 Å². The lowest BCUT2D eigenvalue weighted by atomic mass is 10.1. The van der Waals surface area contributed by atoms with Crippen LogP contribution in [0.4, 0.5) is 4.39 Å². The Morgan fingerprint density at radius 2 is 2.39 bits per heavy atom. The number of ether oxygens (including phenoxy) is 1. The zero-order valence-electron chi connectivity index (χ0n) is 15.0. The molecule has 0 bridgehead atoms. The van der Waals surface area contributed by atoms with Crippen LogP contribution in [0.1, 0.15) is 32.8 Å². The molecule has 1 aliphatic heterocycles. The monoisotopic (exact) mass is 403 g/mol. The third-order valence-electron chi connectivity index (χ3n) is 4.09. The van der Waals surface area contributed by atoms with Crippen LogP contribution < -0.4 is 10.5 Å². The Labute approximate surface area is 164 Å². The van der Waals surface area contributed by atoms with E-state index >= 15 is 0 Å². The van der Waals surface area contributed by atoms with Gasteiger partial charge in [-0.3, -0.25) is 9.59 Å². The molecule has 0 radical (unpaired) electrons. The summed E-state index contributed by atoms with van der Waals surface area (Å²) in [7, 11) is 1.61. The van der Waals surface area contributed by atoms with E-state index in [2.05, 4.69) is 16.8 Å². The van der Waals surface area contributed by atoms with Crippen LogP contribution in [-0.2, 0) is 4.79 Å². The number of aliphatic hydroxyl groups is 1. The number of hydrogen-bond donors (Lipinski definition) is 2. The fourth-order valence-corrected chi connectivity index (χ4v) is 3.51. The SMILES string of the molecule is CN(C=O)CCC(O)C#Cc1ccc2c(c1)-c1nc(C(N)=O)sc1C(F)CO2. The number of rotatable bonds is 5. The Bertz CT molecular complexity index is 966. The molecule has 2 atom stereocenters. The van der Waals surface area contributed by atoms with E-state index in [4.69, 9.17) is 10.5 Å². The molecule has 3 N–H and O–H groups in total. The molecule has 2 amide bonds. The molecule has 28 heavy (non-hydrogen) atoms. The minimum atomic E-state index is -1.42. The van der Waals surface area contributed by atoms with Gasteiger partial charge < -0.3 is 20.5 Å². The molecular formula is C19H18FN3O4S. The molecule has 2 aromatic rings. The molecule has 0 spiro atoms. The summed E-state index contributed by atoms with van der Waals surface area (Å²) >= 11 is 0.914. The fraction of sp³-hybridized carbons (Fsp3) is 0.316. The van der Waals surface area contributed by atoms with Crippen LogP contribution in [0.5, 0.6) is 5.75 Å². The summed E-state index contributed by atoms with van der Waals surface area (Å²) in [5, 5.41) is 9.98. The topological polar surface area (TPSA) is 106 Å². The molecule has 9 heteroatoms. The number of benzene rings is 1. The van der Waals surface area contributed by atoms with Crippen molar-refractivity contribution in [2.45, 2.75) is 18.7 Å². The van der Waals surface area contributed by atoms with Gasteiger partial charge in [0.25, 0.3) is 5.91 Å².